The normalized spacial score (nSPS) is 10.8. The van der Waals surface area contributed by atoms with Crippen LogP contribution in [-0.2, 0) is 11.4 Å². The number of amides is 2. The highest BCUT2D eigenvalue weighted by Crippen LogP contribution is 2.21. The number of aryl methyl sites for hydroxylation is 1. The standard InChI is InChI=1S/C21H19N3O3S/c1-14-23-18(13-28-14)12-27-19-8-3-2-5-15(19)9-10-20(25)24-17-7-4-6-16(11-17)21(22)26/h2-11,13H,12H2,1H3,(H2,22,26)(H,24,25)/b10-9+. The molecule has 3 rings (SSSR count). The van der Waals surface area contributed by atoms with Gasteiger partial charge in [0.05, 0.1) is 10.7 Å². The quantitative estimate of drug-likeness (QED) is 0.597. The summed E-state index contributed by atoms with van der Waals surface area (Å²) in [4.78, 5) is 27.8. The van der Waals surface area contributed by atoms with E-state index in [2.05, 4.69) is 10.3 Å². The molecule has 1 aromatic heterocycles. The first-order valence-electron chi connectivity index (χ1n) is 8.53. The van der Waals surface area contributed by atoms with E-state index in [1.165, 1.54) is 12.1 Å². The van der Waals surface area contributed by atoms with E-state index < -0.39 is 5.91 Å². The van der Waals surface area contributed by atoms with E-state index in [1.807, 2.05) is 36.6 Å². The van der Waals surface area contributed by atoms with E-state index in [9.17, 15) is 9.59 Å². The van der Waals surface area contributed by atoms with Crippen LogP contribution in [0, 0.1) is 6.92 Å². The number of nitrogens with one attached hydrogen (secondary N) is 1. The van der Waals surface area contributed by atoms with E-state index in [0.717, 1.165) is 16.3 Å². The van der Waals surface area contributed by atoms with Crippen LogP contribution in [0.25, 0.3) is 6.08 Å². The molecule has 0 atom stereocenters. The molecule has 0 aliphatic rings. The Morgan fingerprint density at radius 2 is 2.04 bits per heavy atom. The summed E-state index contributed by atoms with van der Waals surface area (Å²) in [7, 11) is 0. The van der Waals surface area contributed by atoms with Gasteiger partial charge in [-0.1, -0.05) is 24.3 Å². The Balaban J connectivity index is 1.65. The van der Waals surface area contributed by atoms with Gasteiger partial charge in [-0.3, -0.25) is 9.59 Å². The first-order valence-corrected chi connectivity index (χ1v) is 9.41. The molecule has 6 nitrogen and oxygen atoms in total. The van der Waals surface area contributed by atoms with Crippen LogP contribution in [0.3, 0.4) is 0 Å². The van der Waals surface area contributed by atoms with Crippen LogP contribution in [0.5, 0.6) is 5.75 Å². The number of anilines is 1. The molecule has 2 amide bonds. The Labute approximate surface area is 166 Å². The number of hydrogen-bond donors (Lipinski definition) is 2. The predicted octanol–water partition coefficient (Wildman–Crippen LogP) is 3.78. The number of aromatic nitrogens is 1. The van der Waals surface area contributed by atoms with Crippen molar-refractivity contribution in [1.82, 2.24) is 4.98 Å². The van der Waals surface area contributed by atoms with E-state index in [4.69, 9.17) is 10.5 Å². The minimum Gasteiger partial charge on any atom is -0.487 e. The van der Waals surface area contributed by atoms with Gasteiger partial charge in [-0.2, -0.15) is 0 Å². The van der Waals surface area contributed by atoms with Crippen molar-refractivity contribution >= 4 is 34.9 Å². The molecule has 3 aromatic rings. The third kappa shape index (κ3) is 5.28. The van der Waals surface area contributed by atoms with Crippen molar-refractivity contribution in [2.75, 3.05) is 5.32 Å². The Hall–Kier alpha value is -3.45. The molecule has 28 heavy (non-hydrogen) atoms. The molecule has 0 aliphatic carbocycles. The van der Waals surface area contributed by atoms with Crippen LogP contribution in [0.15, 0.2) is 60.0 Å². The van der Waals surface area contributed by atoms with Crippen molar-refractivity contribution in [2.24, 2.45) is 5.73 Å². The zero-order valence-corrected chi connectivity index (χ0v) is 16.0. The molecule has 0 saturated heterocycles. The fourth-order valence-electron chi connectivity index (χ4n) is 2.48. The van der Waals surface area contributed by atoms with E-state index in [-0.39, 0.29) is 5.91 Å². The molecule has 0 radical (unpaired) electrons. The molecule has 0 bridgehead atoms. The maximum atomic E-state index is 12.2. The molecule has 7 heteroatoms. The fraction of sp³-hybridized carbons (Fsp3) is 0.0952. The molecule has 0 unspecified atom stereocenters. The van der Waals surface area contributed by atoms with Crippen LogP contribution in [0.4, 0.5) is 5.69 Å². The minimum absolute atomic E-state index is 0.327. The molecular formula is C21H19N3O3S. The lowest BCUT2D eigenvalue weighted by Gasteiger charge is -2.08. The predicted molar refractivity (Wildman–Crippen MR) is 110 cm³/mol. The van der Waals surface area contributed by atoms with Crippen molar-refractivity contribution < 1.29 is 14.3 Å². The summed E-state index contributed by atoms with van der Waals surface area (Å²) in [5, 5.41) is 5.65. The van der Waals surface area contributed by atoms with Crippen molar-refractivity contribution in [3.05, 3.63) is 81.8 Å². The second-order valence-electron chi connectivity index (χ2n) is 5.95. The lowest BCUT2D eigenvalue weighted by Crippen LogP contribution is -2.12. The lowest BCUT2D eigenvalue weighted by atomic mass is 10.1. The SMILES string of the molecule is Cc1nc(COc2ccccc2/C=C/C(=O)Nc2cccc(C(N)=O)c2)cs1. The summed E-state index contributed by atoms with van der Waals surface area (Å²) in [5.41, 5.74) is 7.72. The topological polar surface area (TPSA) is 94.3 Å². The largest absolute Gasteiger partial charge is 0.487 e. The molecule has 0 aliphatic heterocycles. The summed E-state index contributed by atoms with van der Waals surface area (Å²) >= 11 is 1.57. The molecule has 3 N–H and O–H groups in total. The van der Waals surface area contributed by atoms with Gasteiger partial charge in [0.15, 0.2) is 0 Å². The van der Waals surface area contributed by atoms with Gasteiger partial charge < -0.3 is 15.8 Å². The summed E-state index contributed by atoms with van der Waals surface area (Å²) in [5.74, 6) is -0.215. The van der Waals surface area contributed by atoms with Gasteiger partial charge in [0.1, 0.15) is 12.4 Å². The van der Waals surface area contributed by atoms with Gasteiger partial charge >= 0.3 is 0 Å². The maximum absolute atomic E-state index is 12.2. The van der Waals surface area contributed by atoms with Crippen LogP contribution in [0.2, 0.25) is 0 Å². The molecule has 0 fully saturated rings. The third-order valence-corrected chi connectivity index (χ3v) is 4.61. The smallest absolute Gasteiger partial charge is 0.248 e. The average molecular weight is 393 g/mol. The number of primary amides is 1. The number of thiazole rings is 1. The molecule has 1 heterocycles. The van der Waals surface area contributed by atoms with Gasteiger partial charge in [0, 0.05) is 28.3 Å². The zero-order valence-electron chi connectivity index (χ0n) is 15.2. The number of hydrogen-bond acceptors (Lipinski definition) is 5. The number of rotatable bonds is 7. The Morgan fingerprint density at radius 1 is 1.21 bits per heavy atom. The van der Waals surface area contributed by atoms with E-state index in [1.54, 1.807) is 35.6 Å². The Morgan fingerprint density at radius 3 is 2.79 bits per heavy atom. The molecular weight excluding hydrogens is 374 g/mol. The summed E-state index contributed by atoms with van der Waals surface area (Å²) in [6.07, 6.45) is 3.08. The fourth-order valence-corrected chi connectivity index (χ4v) is 3.07. The van der Waals surface area contributed by atoms with Crippen LogP contribution < -0.4 is 15.8 Å². The third-order valence-electron chi connectivity index (χ3n) is 3.79. The van der Waals surface area contributed by atoms with Gasteiger partial charge in [0.25, 0.3) is 0 Å². The van der Waals surface area contributed by atoms with Crippen molar-refractivity contribution in [3.63, 3.8) is 0 Å². The van der Waals surface area contributed by atoms with Crippen LogP contribution >= 0.6 is 11.3 Å². The summed E-state index contributed by atoms with van der Waals surface area (Å²) in [6.45, 7) is 2.31. The zero-order chi connectivity index (χ0) is 19.9. The van der Waals surface area contributed by atoms with E-state index in [0.29, 0.717) is 23.6 Å². The Bertz CT molecular complexity index is 1030. The number of benzene rings is 2. The van der Waals surface area contributed by atoms with Crippen molar-refractivity contribution in [2.45, 2.75) is 13.5 Å². The maximum Gasteiger partial charge on any atom is 0.248 e. The molecule has 2 aromatic carbocycles. The highest BCUT2D eigenvalue weighted by Gasteiger charge is 2.05. The highest BCUT2D eigenvalue weighted by atomic mass is 32.1. The number of carbonyl (C=O) groups is 2. The first kappa shape index (κ1) is 19.3. The number of para-hydroxylation sites is 1. The summed E-state index contributed by atoms with van der Waals surface area (Å²) < 4.78 is 5.84. The molecule has 0 spiro atoms. The number of carbonyl (C=O) groups excluding carboxylic acids is 2. The lowest BCUT2D eigenvalue weighted by molar-refractivity contribution is -0.111. The monoisotopic (exact) mass is 393 g/mol. The van der Waals surface area contributed by atoms with Gasteiger partial charge in [-0.25, -0.2) is 4.98 Å². The first-order chi connectivity index (χ1) is 13.5. The minimum atomic E-state index is -0.548. The highest BCUT2D eigenvalue weighted by molar-refractivity contribution is 7.09. The van der Waals surface area contributed by atoms with Crippen LogP contribution in [0.1, 0.15) is 26.6 Å². The second-order valence-corrected chi connectivity index (χ2v) is 7.01. The van der Waals surface area contributed by atoms with Crippen molar-refractivity contribution in [3.8, 4) is 5.75 Å². The average Bonchev–Trinajstić information content (AvgIpc) is 3.11. The second kappa shape index (κ2) is 8.96. The molecule has 142 valence electrons. The molecule has 0 saturated carbocycles. The number of nitrogens with zero attached hydrogens (tertiary/aromatic N) is 1. The van der Waals surface area contributed by atoms with Gasteiger partial charge in [-0.05, 0) is 37.3 Å². The number of nitrogens with two attached hydrogens (primary N) is 1. The van der Waals surface area contributed by atoms with Gasteiger partial charge in [0.2, 0.25) is 11.8 Å². The van der Waals surface area contributed by atoms with Crippen molar-refractivity contribution in [1.29, 1.82) is 0 Å². The van der Waals surface area contributed by atoms with E-state index >= 15 is 0 Å². The van der Waals surface area contributed by atoms with Crippen LogP contribution in [-0.4, -0.2) is 16.8 Å². The summed E-state index contributed by atoms with van der Waals surface area (Å²) in [6, 6.07) is 13.9. The number of ether oxygens (including phenoxy) is 1. The van der Waals surface area contributed by atoms with Gasteiger partial charge in [-0.15, -0.1) is 11.3 Å². The Kier molecular flexibility index (Phi) is 6.18.